The summed E-state index contributed by atoms with van der Waals surface area (Å²) in [6, 6.07) is 13.5. The highest BCUT2D eigenvalue weighted by molar-refractivity contribution is 7.14. The molecule has 0 saturated carbocycles. The Hall–Kier alpha value is -2.86. The molecule has 1 aromatic heterocycles. The summed E-state index contributed by atoms with van der Waals surface area (Å²) >= 11 is 1.39. The number of carbonyl (C=O) groups is 1. The third-order valence-electron chi connectivity index (χ3n) is 4.77. The number of thiazole rings is 1. The van der Waals surface area contributed by atoms with Gasteiger partial charge < -0.3 is 9.47 Å². The van der Waals surface area contributed by atoms with Crippen LogP contribution < -0.4 is 14.8 Å². The minimum absolute atomic E-state index is 0.271. The number of hydrogen-bond donors (Lipinski definition) is 1. The predicted molar refractivity (Wildman–Crippen MR) is 114 cm³/mol. The normalized spacial score (nSPS) is 11.7. The number of amides is 1. The fourth-order valence-electron chi connectivity index (χ4n) is 2.83. The zero-order valence-corrected chi connectivity index (χ0v) is 17.3. The topological polar surface area (TPSA) is 60.5 Å². The SMILES string of the molecule is CCC(C)c1ccc(-c2csc(NC(=O)c3ccc(OC)cc3OC)n2)cc1. The van der Waals surface area contributed by atoms with Crippen molar-refractivity contribution in [2.45, 2.75) is 26.2 Å². The van der Waals surface area contributed by atoms with E-state index in [2.05, 4.69) is 48.4 Å². The van der Waals surface area contributed by atoms with Crippen molar-refractivity contribution < 1.29 is 14.3 Å². The zero-order valence-electron chi connectivity index (χ0n) is 16.5. The van der Waals surface area contributed by atoms with E-state index in [1.165, 1.54) is 24.0 Å². The maximum atomic E-state index is 12.6. The van der Waals surface area contributed by atoms with Crippen molar-refractivity contribution in [1.29, 1.82) is 0 Å². The molecule has 1 unspecified atom stereocenters. The van der Waals surface area contributed by atoms with Gasteiger partial charge in [0.2, 0.25) is 0 Å². The molecule has 146 valence electrons. The van der Waals surface area contributed by atoms with Gasteiger partial charge in [0.25, 0.3) is 5.91 Å². The molecule has 0 aliphatic carbocycles. The molecule has 3 rings (SSSR count). The number of hydrogen-bond acceptors (Lipinski definition) is 5. The minimum atomic E-state index is -0.271. The third-order valence-corrected chi connectivity index (χ3v) is 5.52. The van der Waals surface area contributed by atoms with Gasteiger partial charge in [-0.3, -0.25) is 10.1 Å². The van der Waals surface area contributed by atoms with Crippen LogP contribution in [0.25, 0.3) is 11.3 Å². The van der Waals surface area contributed by atoms with E-state index in [1.807, 2.05) is 5.38 Å². The molecular weight excluding hydrogens is 372 g/mol. The molecule has 1 amide bonds. The highest BCUT2D eigenvalue weighted by Crippen LogP contribution is 2.29. The van der Waals surface area contributed by atoms with Crippen molar-refractivity contribution in [3.8, 4) is 22.8 Å². The Morgan fingerprint density at radius 2 is 1.89 bits per heavy atom. The fraction of sp³-hybridized carbons (Fsp3) is 0.273. The molecule has 1 heterocycles. The average molecular weight is 397 g/mol. The van der Waals surface area contributed by atoms with Crippen LogP contribution in [0.3, 0.4) is 0 Å². The number of nitrogens with zero attached hydrogens (tertiary/aromatic N) is 1. The molecule has 6 heteroatoms. The monoisotopic (exact) mass is 396 g/mol. The van der Waals surface area contributed by atoms with Crippen LogP contribution in [0.2, 0.25) is 0 Å². The van der Waals surface area contributed by atoms with Gasteiger partial charge in [0.15, 0.2) is 5.13 Å². The number of carbonyl (C=O) groups excluding carboxylic acids is 1. The number of methoxy groups -OCH3 is 2. The number of anilines is 1. The van der Waals surface area contributed by atoms with Crippen LogP contribution in [0.5, 0.6) is 11.5 Å². The number of rotatable bonds is 7. The van der Waals surface area contributed by atoms with Crippen LogP contribution in [-0.4, -0.2) is 25.1 Å². The van der Waals surface area contributed by atoms with E-state index in [1.54, 1.807) is 25.3 Å². The van der Waals surface area contributed by atoms with E-state index >= 15 is 0 Å². The number of ether oxygens (including phenoxy) is 2. The first-order chi connectivity index (χ1) is 13.5. The Kier molecular flexibility index (Phi) is 6.31. The second kappa shape index (κ2) is 8.89. The molecule has 0 spiro atoms. The van der Waals surface area contributed by atoms with E-state index in [-0.39, 0.29) is 5.91 Å². The first-order valence-electron chi connectivity index (χ1n) is 9.15. The van der Waals surface area contributed by atoms with Gasteiger partial charge in [0.05, 0.1) is 25.5 Å². The molecule has 0 saturated heterocycles. The molecule has 3 aromatic rings. The van der Waals surface area contributed by atoms with Gasteiger partial charge in [-0.25, -0.2) is 4.98 Å². The lowest BCUT2D eigenvalue weighted by molar-refractivity contribution is 0.102. The van der Waals surface area contributed by atoms with Gasteiger partial charge in [0.1, 0.15) is 11.5 Å². The molecule has 0 aliphatic rings. The second-order valence-electron chi connectivity index (χ2n) is 6.49. The summed E-state index contributed by atoms with van der Waals surface area (Å²) in [7, 11) is 3.09. The highest BCUT2D eigenvalue weighted by Gasteiger charge is 2.15. The van der Waals surface area contributed by atoms with Crippen LogP contribution in [0.4, 0.5) is 5.13 Å². The summed E-state index contributed by atoms with van der Waals surface area (Å²) in [6.07, 6.45) is 1.11. The largest absolute Gasteiger partial charge is 0.497 e. The predicted octanol–water partition coefficient (Wildman–Crippen LogP) is 5.59. The van der Waals surface area contributed by atoms with Crippen LogP contribution in [0.1, 0.15) is 42.1 Å². The Morgan fingerprint density at radius 1 is 1.14 bits per heavy atom. The Balaban J connectivity index is 1.75. The summed E-state index contributed by atoms with van der Waals surface area (Å²) in [5.41, 5.74) is 3.63. The maximum Gasteiger partial charge on any atom is 0.261 e. The minimum Gasteiger partial charge on any atom is -0.497 e. The number of benzene rings is 2. The zero-order chi connectivity index (χ0) is 20.1. The molecule has 0 bridgehead atoms. The average Bonchev–Trinajstić information content (AvgIpc) is 3.21. The standard InChI is InChI=1S/C22H24N2O3S/c1-5-14(2)15-6-8-16(9-7-15)19-13-28-22(23-19)24-21(25)18-11-10-17(26-3)12-20(18)27-4/h6-14H,5H2,1-4H3,(H,23,24,25). The molecule has 1 N–H and O–H groups in total. The van der Waals surface area contributed by atoms with Gasteiger partial charge in [-0.2, -0.15) is 0 Å². The first kappa shape index (κ1) is 19.9. The highest BCUT2D eigenvalue weighted by atomic mass is 32.1. The maximum absolute atomic E-state index is 12.6. The van der Waals surface area contributed by atoms with Crippen LogP contribution >= 0.6 is 11.3 Å². The molecular formula is C22H24N2O3S. The summed E-state index contributed by atoms with van der Waals surface area (Å²) in [5.74, 6) is 1.35. The van der Waals surface area contributed by atoms with Crippen molar-refractivity contribution in [1.82, 2.24) is 4.98 Å². The first-order valence-corrected chi connectivity index (χ1v) is 10.0. The quantitative estimate of drug-likeness (QED) is 0.565. The molecule has 1 atom stereocenters. The third kappa shape index (κ3) is 4.34. The number of nitrogens with one attached hydrogen (secondary N) is 1. The van der Waals surface area contributed by atoms with Crippen molar-refractivity contribution in [3.05, 3.63) is 59.0 Å². The van der Waals surface area contributed by atoms with Gasteiger partial charge in [-0.1, -0.05) is 38.1 Å². The number of aromatic nitrogens is 1. The lowest BCUT2D eigenvalue weighted by atomic mass is 9.97. The van der Waals surface area contributed by atoms with Crippen molar-refractivity contribution in [2.75, 3.05) is 19.5 Å². The smallest absolute Gasteiger partial charge is 0.261 e. The van der Waals surface area contributed by atoms with Crippen molar-refractivity contribution in [3.63, 3.8) is 0 Å². The molecule has 2 aromatic carbocycles. The molecule has 5 nitrogen and oxygen atoms in total. The lowest BCUT2D eigenvalue weighted by Crippen LogP contribution is -2.13. The van der Waals surface area contributed by atoms with E-state index in [0.29, 0.717) is 28.1 Å². The summed E-state index contributed by atoms with van der Waals surface area (Å²) in [5, 5.41) is 5.34. The molecule has 0 aliphatic heterocycles. The second-order valence-corrected chi connectivity index (χ2v) is 7.35. The van der Waals surface area contributed by atoms with E-state index < -0.39 is 0 Å². The van der Waals surface area contributed by atoms with Crippen LogP contribution in [0, 0.1) is 0 Å². The van der Waals surface area contributed by atoms with Crippen molar-refractivity contribution >= 4 is 22.4 Å². The van der Waals surface area contributed by atoms with Crippen molar-refractivity contribution in [2.24, 2.45) is 0 Å². The van der Waals surface area contributed by atoms with E-state index in [9.17, 15) is 4.79 Å². The van der Waals surface area contributed by atoms with Gasteiger partial charge in [-0.15, -0.1) is 11.3 Å². The summed E-state index contributed by atoms with van der Waals surface area (Å²) < 4.78 is 10.5. The van der Waals surface area contributed by atoms with E-state index in [4.69, 9.17) is 9.47 Å². The van der Waals surface area contributed by atoms with E-state index in [0.717, 1.165) is 17.7 Å². The van der Waals surface area contributed by atoms with Gasteiger partial charge >= 0.3 is 0 Å². The molecule has 0 radical (unpaired) electrons. The Morgan fingerprint density at radius 3 is 2.54 bits per heavy atom. The fourth-order valence-corrected chi connectivity index (χ4v) is 3.55. The Bertz CT molecular complexity index is 951. The lowest BCUT2D eigenvalue weighted by Gasteiger charge is -2.09. The van der Waals surface area contributed by atoms with Gasteiger partial charge in [-0.05, 0) is 30.0 Å². The molecule has 28 heavy (non-hydrogen) atoms. The molecule has 0 fully saturated rings. The van der Waals surface area contributed by atoms with Crippen LogP contribution in [0.15, 0.2) is 47.8 Å². The Labute approximate surface area is 169 Å². The van der Waals surface area contributed by atoms with Gasteiger partial charge in [0, 0.05) is 17.0 Å². The van der Waals surface area contributed by atoms with Crippen LogP contribution in [-0.2, 0) is 0 Å². The summed E-state index contributed by atoms with van der Waals surface area (Å²) in [4.78, 5) is 17.2. The summed E-state index contributed by atoms with van der Waals surface area (Å²) in [6.45, 7) is 4.41.